The average Bonchev–Trinajstić information content (AvgIpc) is 2.86. The van der Waals surface area contributed by atoms with Crippen LogP contribution in [0.15, 0.2) is 18.2 Å². The molecule has 1 amide bonds. The molecule has 0 radical (unpaired) electrons. The quantitative estimate of drug-likeness (QED) is 0.835. The standard InChI is InChI=1S/C13H17NO4/c1-18-12-3-2-10(6-11(12)16)13(17)14-5-4-9(7-14)8-15/h2-3,6,9,15-16H,4-5,7-8H2,1H3. The fraction of sp³-hybridized carbons (Fsp3) is 0.462. The molecular formula is C13H17NO4. The zero-order chi connectivity index (χ0) is 13.1. The van der Waals surface area contributed by atoms with Crippen LogP contribution in [-0.2, 0) is 0 Å². The van der Waals surface area contributed by atoms with Crippen LogP contribution in [0.2, 0.25) is 0 Å². The lowest BCUT2D eigenvalue weighted by atomic mass is 10.1. The molecule has 5 nitrogen and oxygen atoms in total. The van der Waals surface area contributed by atoms with Gasteiger partial charge >= 0.3 is 0 Å². The number of benzene rings is 1. The summed E-state index contributed by atoms with van der Waals surface area (Å²) in [5, 5.41) is 18.7. The maximum atomic E-state index is 12.2. The minimum absolute atomic E-state index is 0.0405. The predicted octanol–water partition coefficient (Wildman–Crippen LogP) is 0.855. The van der Waals surface area contributed by atoms with Crippen LogP contribution in [0.5, 0.6) is 11.5 Å². The molecule has 1 aromatic rings. The third-order valence-electron chi connectivity index (χ3n) is 3.26. The van der Waals surface area contributed by atoms with Crippen LogP contribution in [0.4, 0.5) is 0 Å². The van der Waals surface area contributed by atoms with Gasteiger partial charge in [-0.2, -0.15) is 0 Å². The highest BCUT2D eigenvalue weighted by Gasteiger charge is 2.26. The van der Waals surface area contributed by atoms with Gasteiger partial charge in [0.15, 0.2) is 11.5 Å². The van der Waals surface area contributed by atoms with Crippen molar-refractivity contribution in [2.75, 3.05) is 26.8 Å². The highest BCUT2D eigenvalue weighted by atomic mass is 16.5. The Labute approximate surface area is 106 Å². The molecule has 0 spiro atoms. The number of aliphatic hydroxyl groups is 1. The summed E-state index contributed by atoms with van der Waals surface area (Å²) in [5.74, 6) is 0.354. The van der Waals surface area contributed by atoms with Crippen molar-refractivity contribution in [3.8, 4) is 11.5 Å². The molecule has 0 bridgehead atoms. The lowest BCUT2D eigenvalue weighted by Crippen LogP contribution is -2.29. The first-order valence-corrected chi connectivity index (χ1v) is 5.93. The van der Waals surface area contributed by atoms with E-state index >= 15 is 0 Å². The van der Waals surface area contributed by atoms with E-state index in [-0.39, 0.29) is 24.2 Å². The molecule has 0 aliphatic carbocycles. The third kappa shape index (κ3) is 2.41. The van der Waals surface area contributed by atoms with Crippen molar-refractivity contribution in [1.82, 2.24) is 4.90 Å². The highest BCUT2D eigenvalue weighted by molar-refractivity contribution is 5.95. The van der Waals surface area contributed by atoms with Crippen molar-refractivity contribution in [2.24, 2.45) is 5.92 Å². The Morgan fingerprint density at radius 2 is 2.33 bits per heavy atom. The lowest BCUT2D eigenvalue weighted by molar-refractivity contribution is 0.0781. The predicted molar refractivity (Wildman–Crippen MR) is 65.8 cm³/mol. The Bertz CT molecular complexity index is 447. The highest BCUT2D eigenvalue weighted by Crippen LogP contribution is 2.27. The molecule has 1 fully saturated rings. The zero-order valence-electron chi connectivity index (χ0n) is 10.3. The normalized spacial score (nSPS) is 19.0. The summed E-state index contributed by atoms with van der Waals surface area (Å²) in [6.07, 6.45) is 0.824. The molecule has 2 N–H and O–H groups in total. The van der Waals surface area contributed by atoms with Crippen LogP contribution in [0.1, 0.15) is 16.8 Å². The van der Waals surface area contributed by atoms with Gasteiger partial charge in [-0.05, 0) is 24.6 Å². The number of nitrogens with zero attached hydrogens (tertiary/aromatic N) is 1. The van der Waals surface area contributed by atoms with Gasteiger partial charge in [-0.25, -0.2) is 0 Å². The summed E-state index contributed by atoms with van der Waals surface area (Å²) < 4.78 is 4.93. The molecule has 1 heterocycles. The van der Waals surface area contributed by atoms with Crippen molar-refractivity contribution in [1.29, 1.82) is 0 Å². The Morgan fingerprint density at radius 3 is 2.89 bits per heavy atom. The number of carbonyl (C=O) groups excluding carboxylic acids is 1. The molecule has 0 saturated carbocycles. The minimum Gasteiger partial charge on any atom is -0.504 e. The Morgan fingerprint density at radius 1 is 1.56 bits per heavy atom. The molecule has 18 heavy (non-hydrogen) atoms. The molecule has 2 rings (SSSR count). The number of hydrogen-bond acceptors (Lipinski definition) is 4. The number of hydrogen-bond donors (Lipinski definition) is 2. The topological polar surface area (TPSA) is 70.0 Å². The fourth-order valence-electron chi connectivity index (χ4n) is 2.17. The van der Waals surface area contributed by atoms with Crippen LogP contribution >= 0.6 is 0 Å². The summed E-state index contributed by atoms with van der Waals surface area (Å²) in [5.41, 5.74) is 0.437. The van der Waals surface area contributed by atoms with Crippen LogP contribution in [0.25, 0.3) is 0 Å². The Hall–Kier alpha value is -1.75. The van der Waals surface area contributed by atoms with Crippen LogP contribution in [0, 0.1) is 5.92 Å². The largest absolute Gasteiger partial charge is 0.504 e. The van der Waals surface area contributed by atoms with E-state index in [2.05, 4.69) is 0 Å². The number of amides is 1. The molecule has 0 aromatic heterocycles. The van der Waals surface area contributed by atoms with Gasteiger partial charge in [0.2, 0.25) is 0 Å². The zero-order valence-corrected chi connectivity index (χ0v) is 10.3. The van der Waals surface area contributed by atoms with Crippen molar-refractivity contribution in [3.63, 3.8) is 0 Å². The minimum atomic E-state index is -0.121. The molecule has 1 atom stereocenters. The third-order valence-corrected chi connectivity index (χ3v) is 3.26. The lowest BCUT2D eigenvalue weighted by Gasteiger charge is -2.16. The van der Waals surface area contributed by atoms with Gasteiger partial charge in [-0.1, -0.05) is 0 Å². The summed E-state index contributed by atoms with van der Waals surface area (Å²) in [7, 11) is 1.46. The van der Waals surface area contributed by atoms with E-state index in [9.17, 15) is 9.90 Å². The molecular weight excluding hydrogens is 234 g/mol. The summed E-state index contributed by atoms with van der Waals surface area (Å²) >= 11 is 0. The smallest absolute Gasteiger partial charge is 0.254 e. The molecule has 1 aromatic carbocycles. The summed E-state index contributed by atoms with van der Waals surface area (Å²) in [4.78, 5) is 13.8. The second kappa shape index (κ2) is 5.27. The fourth-order valence-corrected chi connectivity index (χ4v) is 2.17. The number of carbonyl (C=O) groups is 1. The van der Waals surface area contributed by atoms with Gasteiger partial charge < -0.3 is 19.8 Å². The number of aromatic hydroxyl groups is 1. The number of phenols is 1. The molecule has 1 aliphatic rings. The number of methoxy groups -OCH3 is 1. The number of likely N-dealkylation sites (tertiary alicyclic amines) is 1. The van der Waals surface area contributed by atoms with Gasteiger partial charge in [0.05, 0.1) is 7.11 Å². The molecule has 5 heteroatoms. The van der Waals surface area contributed by atoms with E-state index in [4.69, 9.17) is 9.84 Å². The number of ether oxygens (including phenoxy) is 1. The van der Waals surface area contributed by atoms with E-state index < -0.39 is 0 Å². The maximum absolute atomic E-state index is 12.2. The SMILES string of the molecule is COc1ccc(C(=O)N2CCC(CO)C2)cc1O. The van der Waals surface area contributed by atoms with Gasteiger partial charge in [0.25, 0.3) is 5.91 Å². The van der Waals surface area contributed by atoms with E-state index in [1.807, 2.05) is 0 Å². The van der Waals surface area contributed by atoms with Gasteiger partial charge in [-0.15, -0.1) is 0 Å². The monoisotopic (exact) mass is 251 g/mol. The molecule has 98 valence electrons. The first kappa shape index (κ1) is 12.7. The van der Waals surface area contributed by atoms with Crippen LogP contribution in [-0.4, -0.2) is 47.8 Å². The van der Waals surface area contributed by atoms with Gasteiger partial charge in [0, 0.05) is 31.2 Å². The van der Waals surface area contributed by atoms with Crippen molar-refractivity contribution in [2.45, 2.75) is 6.42 Å². The molecule has 1 unspecified atom stereocenters. The van der Waals surface area contributed by atoms with E-state index in [0.717, 1.165) is 6.42 Å². The van der Waals surface area contributed by atoms with Crippen molar-refractivity contribution < 1.29 is 19.7 Å². The average molecular weight is 251 g/mol. The Balaban J connectivity index is 2.12. The molecule has 1 saturated heterocycles. The first-order chi connectivity index (χ1) is 8.65. The number of rotatable bonds is 3. The van der Waals surface area contributed by atoms with Crippen LogP contribution in [0.3, 0.4) is 0 Å². The summed E-state index contributed by atoms with van der Waals surface area (Å²) in [6.45, 7) is 1.33. The summed E-state index contributed by atoms with van der Waals surface area (Å²) in [6, 6.07) is 4.61. The van der Waals surface area contributed by atoms with Crippen molar-refractivity contribution in [3.05, 3.63) is 23.8 Å². The second-order valence-electron chi connectivity index (χ2n) is 4.48. The Kier molecular flexibility index (Phi) is 3.72. The van der Waals surface area contributed by atoms with E-state index in [1.165, 1.54) is 13.2 Å². The van der Waals surface area contributed by atoms with E-state index in [0.29, 0.717) is 24.4 Å². The number of phenolic OH excluding ortho intramolecular Hbond substituents is 1. The van der Waals surface area contributed by atoms with Crippen molar-refractivity contribution >= 4 is 5.91 Å². The second-order valence-corrected chi connectivity index (χ2v) is 4.48. The maximum Gasteiger partial charge on any atom is 0.254 e. The molecule has 1 aliphatic heterocycles. The van der Waals surface area contributed by atoms with Crippen LogP contribution < -0.4 is 4.74 Å². The van der Waals surface area contributed by atoms with E-state index in [1.54, 1.807) is 17.0 Å². The first-order valence-electron chi connectivity index (χ1n) is 5.93. The van der Waals surface area contributed by atoms with Gasteiger partial charge in [-0.3, -0.25) is 4.79 Å². The number of aliphatic hydroxyl groups excluding tert-OH is 1. The van der Waals surface area contributed by atoms with Gasteiger partial charge in [0.1, 0.15) is 0 Å².